The number of aromatic nitrogens is 4. The Kier molecular flexibility index (Phi) is 2.92. The van der Waals surface area contributed by atoms with E-state index in [1.807, 2.05) is 6.92 Å². The summed E-state index contributed by atoms with van der Waals surface area (Å²) in [5.41, 5.74) is 0.306. The highest BCUT2D eigenvalue weighted by Gasteiger charge is 2.25. The van der Waals surface area contributed by atoms with E-state index in [9.17, 15) is 12.3 Å². The fraction of sp³-hybridized carbons (Fsp3) is 0.375. The van der Waals surface area contributed by atoms with E-state index in [2.05, 4.69) is 15.2 Å². The molecular weight excluding hydrogens is 251 g/mol. The van der Waals surface area contributed by atoms with Crippen LogP contribution >= 0.6 is 0 Å². The largest absolute Gasteiger partial charge is 0.451 e. The van der Waals surface area contributed by atoms with E-state index < -0.39 is 15.4 Å². The van der Waals surface area contributed by atoms with Gasteiger partial charge in [0, 0.05) is 6.54 Å². The molecule has 2 aromatic heterocycles. The van der Waals surface area contributed by atoms with Crippen molar-refractivity contribution >= 4 is 10.2 Å². The van der Waals surface area contributed by atoms with E-state index in [1.54, 1.807) is 0 Å². The van der Waals surface area contributed by atoms with Gasteiger partial charge in [-0.3, -0.25) is 4.57 Å². The summed E-state index contributed by atoms with van der Waals surface area (Å²) in [4.78, 5) is 3.82. The molecule has 0 unspecified atom stereocenters. The topological polar surface area (TPSA) is 90.9 Å². The van der Waals surface area contributed by atoms with Crippen molar-refractivity contribution in [2.75, 3.05) is 0 Å². The molecule has 2 rings (SSSR count). The van der Waals surface area contributed by atoms with Crippen LogP contribution in [0.4, 0.5) is 3.89 Å². The van der Waals surface area contributed by atoms with Crippen LogP contribution in [0.15, 0.2) is 22.2 Å². The van der Waals surface area contributed by atoms with Crippen molar-refractivity contribution in [1.82, 2.24) is 19.7 Å². The fourth-order valence-electron chi connectivity index (χ4n) is 1.41. The first-order chi connectivity index (χ1) is 8.04. The van der Waals surface area contributed by atoms with Crippen molar-refractivity contribution in [2.24, 2.45) is 0 Å². The zero-order valence-electron chi connectivity index (χ0n) is 8.87. The number of oxazole rings is 1. The monoisotopic (exact) mass is 260 g/mol. The molecule has 0 aromatic carbocycles. The second-order valence-corrected chi connectivity index (χ2v) is 4.51. The van der Waals surface area contributed by atoms with Gasteiger partial charge in [-0.1, -0.05) is 10.8 Å². The average molecular weight is 260 g/mol. The summed E-state index contributed by atoms with van der Waals surface area (Å²) in [6.45, 7) is 2.09. The molecule has 0 atom stereocenters. The Morgan fingerprint density at radius 1 is 1.47 bits per heavy atom. The van der Waals surface area contributed by atoms with Gasteiger partial charge in [-0.15, -0.1) is 10.2 Å². The Morgan fingerprint density at radius 2 is 2.24 bits per heavy atom. The third-order valence-corrected chi connectivity index (χ3v) is 2.78. The molecule has 0 bridgehead atoms. The molecule has 0 aliphatic rings. The molecule has 0 aliphatic heterocycles. The predicted molar refractivity (Wildman–Crippen MR) is 54.1 cm³/mol. The van der Waals surface area contributed by atoms with Crippen LogP contribution in [0.2, 0.25) is 0 Å². The van der Waals surface area contributed by atoms with Crippen molar-refractivity contribution in [1.29, 1.82) is 0 Å². The molecule has 0 saturated carbocycles. The normalized spacial score (nSPS) is 11.9. The Hall–Kier alpha value is -1.77. The van der Waals surface area contributed by atoms with Crippen LogP contribution in [0.5, 0.6) is 0 Å². The summed E-state index contributed by atoms with van der Waals surface area (Å²) in [5, 5.41) is 6.23. The van der Waals surface area contributed by atoms with Crippen LogP contribution in [-0.4, -0.2) is 28.2 Å². The number of rotatable bonds is 4. The van der Waals surface area contributed by atoms with E-state index in [4.69, 9.17) is 4.42 Å². The molecule has 0 saturated heterocycles. The Labute approximate surface area is 96.5 Å². The lowest BCUT2D eigenvalue weighted by atomic mass is 10.4. The molecule has 9 heteroatoms. The number of hydrogen-bond donors (Lipinski definition) is 0. The molecule has 0 radical (unpaired) electrons. The lowest BCUT2D eigenvalue weighted by Crippen LogP contribution is -2.08. The van der Waals surface area contributed by atoms with Crippen molar-refractivity contribution in [2.45, 2.75) is 25.0 Å². The Balaban J connectivity index is 2.59. The van der Waals surface area contributed by atoms with Gasteiger partial charge in [0.1, 0.15) is 12.0 Å². The van der Waals surface area contributed by atoms with E-state index in [0.29, 0.717) is 12.1 Å². The third kappa shape index (κ3) is 2.18. The summed E-state index contributed by atoms with van der Waals surface area (Å²) < 4.78 is 40.6. The van der Waals surface area contributed by atoms with Crippen LogP contribution in [0.3, 0.4) is 0 Å². The zero-order valence-corrected chi connectivity index (χ0v) is 9.69. The maximum absolute atomic E-state index is 13.0. The minimum Gasteiger partial charge on any atom is -0.451 e. The highest BCUT2D eigenvalue weighted by atomic mass is 32.3. The maximum atomic E-state index is 13.0. The van der Waals surface area contributed by atoms with Gasteiger partial charge in [0.25, 0.3) is 5.16 Å². The van der Waals surface area contributed by atoms with E-state index in [0.717, 1.165) is 4.57 Å². The summed E-state index contributed by atoms with van der Waals surface area (Å²) in [6, 6.07) is 0. The molecule has 92 valence electrons. The van der Waals surface area contributed by atoms with Gasteiger partial charge in [-0.05, 0) is 6.42 Å². The van der Waals surface area contributed by atoms with Crippen molar-refractivity contribution < 1.29 is 16.7 Å². The first-order valence-electron chi connectivity index (χ1n) is 4.80. The van der Waals surface area contributed by atoms with Gasteiger partial charge in [-0.2, -0.15) is 8.42 Å². The predicted octanol–water partition coefficient (Wildman–Crippen LogP) is 1.00. The fourth-order valence-corrected chi connectivity index (χ4v) is 1.99. The molecule has 7 nitrogen and oxygen atoms in total. The molecule has 0 amide bonds. The number of hydrogen-bond acceptors (Lipinski definition) is 6. The molecule has 0 spiro atoms. The van der Waals surface area contributed by atoms with Gasteiger partial charge >= 0.3 is 10.2 Å². The quantitative estimate of drug-likeness (QED) is 0.762. The Bertz CT molecular complexity index is 605. The molecule has 2 heterocycles. The minimum absolute atomic E-state index is 0.164. The molecule has 17 heavy (non-hydrogen) atoms. The lowest BCUT2D eigenvalue weighted by Gasteiger charge is -2.04. The standard InChI is InChI=1S/C8H9FN4O3S/c1-2-3-13-7(6-4-16-5-10-6)11-12-8(13)17(9,14)15/h4-5H,2-3H2,1H3. The van der Waals surface area contributed by atoms with Crippen LogP contribution in [0.25, 0.3) is 11.5 Å². The second-order valence-electron chi connectivity index (χ2n) is 3.27. The van der Waals surface area contributed by atoms with Crippen molar-refractivity contribution in [3.05, 3.63) is 12.7 Å². The highest BCUT2D eigenvalue weighted by Crippen LogP contribution is 2.20. The minimum atomic E-state index is -4.89. The van der Waals surface area contributed by atoms with E-state index in [-0.39, 0.29) is 12.4 Å². The van der Waals surface area contributed by atoms with Crippen LogP contribution < -0.4 is 0 Å². The molecular formula is C8H9FN4O3S. The van der Waals surface area contributed by atoms with E-state index >= 15 is 0 Å². The lowest BCUT2D eigenvalue weighted by molar-refractivity contribution is 0.520. The molecule has 0 aliphatic carbocycles. The van der Waals surface area contributed by atoms with Gasteiger partial charge in [-0.25, -0.2) is 4.98 Å². The first-order valence-corrected chi connectivity index (χ1v) is 6.18. The van der Waals surface area contributed by atoms with Crippen LogP contribution in [-0.2, 0) is 16.8 Å². The summed E-state index contributed by atoms with van der Waals surface area (Å²) in [7, 11) is -4.89. The smallest absolute Gasteiger partial charge is 0.368 e. The van der Waals surface area contributed by atoms with Crippen LogP contribution in [0, 0.1) is 0 Å². The van der Waals surface area contributed by atoms with Gasteiger partial charge in [0.2, 0.25) is 0 Å². The SMILES string of the molecule is CCCn1c(-c2cocn2)nnc1S(=O)(=O)F. The van der Waals surface area contributed by atoms with Crippen molar-refractivity contribution in [3.63, 3.8) is 0 Å². The maximum Gasteiger partial charge on any atom is 0.368 e. The number of halogens is 1. The third-order valence-electron chi connectivity index (χ3n) is 2.04. The average Bonchev–Trinajstić information content (AvgIpc) is 2.82. The number of nitrogens with zero attached hydrogens (tertiary/aromatic N) is 4. The van der Waals surface area contributed by atoms with Crippen molar-refractivity contribution in [3.8, 4) is 11.5 Å². The van der Waals surface area contributed by atoms with Gasteiger partial charge < -0.3 is 4.42 Å². The van der Waals surface area contributed by atoms with Crippen LogP contribution in [0.1, 0.15) is 13.3 Å². The summed E-state index contributed by atoms with van der Waals surface area (Å²) in [6.07, 6.45) is 3.06. The summed E-state index contributed by atoms with van der Waals surface area (Å²) in [5.74, 6) is 0.164. The molecule has 0 N–H and O–H groups in total. The van der Waals surface area contributed by atoms with Gasteiger partial charge in [0.05, 0.1) is 0 Å². The first kappa shape index (κ1) is 11.7. The summed E-state index contributed by atoms with van der Waals surface area (Å²) >= 11 is 0. The van der Waals surface area contributed by atoms with Gasteiger partial charge in [0.15, 0.2) is 12.2 Å². The molecule has 0 fully saturated rings. The molecule has 2 aromatic rings. The highest BCUT2D eigenvalue weighted by molar-refractivity contribution is 7.86. The second kappa shape index (κ2) is 4.24. The van der Waals surface area contributed by atoms with E-state index in [1.165, 1.54) is 12.7 Å². The zero-order chi connectivity index (χ0) is 12.5. The Morgan fingerprint density at radius 3 is 2.76 bits per heavy atom.